The number of nitrogens with zero attached hydrogens (tertiary/aromatic N) is 5. The number of nitrogens with two attached hydrogens (primary N) is 1. The van der Waals surface area contributed by atoms with E-state index in [9.17, 15) is 14.4 Å². The maximum absolute atomic E-state index is 12.9. The zero-order chi connectivity index (χ0) is 18.5. The predicted molar refractivity (Wildman–Crippen MR) is 89.2 cm³/mol. The molecule has 134 valence electrons. The van der Waals surface area contributed by atoms with Crippen molar-refractivity contribution in [3.05, 3.63) is 11.4 Å². The van der Waals surface area contributed by atoms with Gasteiger partial charge in [0, 0.05) is 7.05 Å². The van der Waals surface area contributed by atoms with Crippen LogP contribution in [0.15, 0.2) is 4.99 Å². The highest BCUT2D eigenvalue weighted by Crippen LogP contribution is 2.35. The van der Waals surface area contributed by atoms with E-state index in [0.717, 1.165) is 35.7 Å². The number of rotatable bonds is 5. The maximum atomic E-state index is 12.9. The molecule has 1 atom stereocenters. The molecular weight excluding hydrogens is 324 g/mol. The van der Waals surface area contributed by atoms with Crippen molar-refractivity contribution in [1.29, 1.82) is 0 Å². The third-order valence-electron chi connectivity index (χ3n) is 4.87. The lowest BCUT2D eigenvalue weighted by atomic mass is 10.1. The number of fused-ring (bicyclic) bond motifs is 3. The fraction of sp³-hybridized carbons (Fsp3) is 0.562. The van der Waals surface area contributed by atoms with E-state index < -0.39 is 30.4 Å². The molecule has 4 amide bonds. The Labute approximate surface area is 145 Å². The van der Waals surface area contributed by atoms with Crippen molar-refractivity contribution in [3.8, 4) is 0 Å². The lowest BCUT2D eigenvalue weighted by molar-refractivity contribution is -0.689. The van der Waals surface area contributed by atoms with E-state index in [-0.39, 0.29) is 0 Å². The van der Waals surface area contributed by atoms with Gasteiger partial charge in [-0.25, -0.2) is 13.9 Å². The number of carbonyl (C=O) groups excluding carboxylic acids is 3. The molecule has 1 aromatic heterocycles. The van der Waals surface area contributed by atoms with Crippen LogP contribution >= 0.6 is 0 Å². The molecule has 3 heterocycles. The van der Waals surface area contributed by atoms with E-state index in [2.05, 4.69) is 16.5 Å². The molecule has 3 rings (SSSR count). The molecule has 0 radical (unpaired) electrons. The van der Waals surface area contributed by atoms with Crippen molar-refractivity contribution >= 4 is 29.6 Å². The highest BCUT2D eigenvalue weighted by Gasteiger charge is 2.54. The molecular formula is C16H23N6O3+. The van der Waals surface area contributed by atoms with Crippen LogP contribution in [0.1, 0.15) is 37.2 Å². The summed E-state index contributed by atoms with van der Waals surface area (Å²) in [5, 5.41) is 0. The second-order valence-electron chi connectivity index (χ2n) is 6.45. The van der Waals surface area contributed by atoms with E-state index in [1.165, 1.54) is 4.90 Å². The van der Waals surface area contributed by atoms with Gasteiger partial charge in [0.25, 0.3) is 5.91 Å². The van der Waals surface area contributed by atoms with Crippen molar-refractivity contribution in [3.63, 3.8) is 0 Å². The minimum absolute atomic E-state index is 0.388. The summed E-state index contributed by atoms with van der Waals surface area (Å²) in [7, 11) is 1.56. The number of imidazole rings is 1. The summed E-state index contributed by atoms with van der Waals surface area (Å²) in [5.41, 5.74) is 7.16. The number of primary amides is 1. The fourth-order valence-electron chi connectivity index (χ4n) is 3.39. The zero-order valence-corrected chi connectivity index (χ0v) is 14.9. The summed E-state index contributed by atoms with van der Waals surface area (Å²) in [6, 6.07) is -1.32. The normalized spacial score (nSPS) is 19.2. The molecule has 1 aromatic rings. The largest absolute Gasteiger partial charge is 0.402 e. The van der Waals surface area contributed by atoms with E-state index in [1.807, 2.05) is 18.4 Å². The lowest BCUT2D eigenvalue weighted by Crippen LogP contribution is -2.59. The van der Waals surface area contributed by atoms with Gasteiger partial charge >= 0.3 is 12.0 Å². The summed E-state index contributed by atoms with van der Waals surface area (Å²) in [5.74, 6) is -0.149. The maximum Gasteiger partial charge on any atom is 0.402 e. The molecule has 0 aromatic carbocycles. The number of aromatic nitrogens is 2. The molecule has 0 spiro atoms. The number of amides is 4. The summed E-state index contributed by atoms with van der Waals surface area (Å²) in [6.07, 6.45) is 2.04. The van der Waals surface area contributed by atoms with Gasteiger partial charge in [-0.3, -0.25) is 19.4 Å². The van der Waals surface area contributed by atoms with Crippen LogP contribution in [-0.2, 0) is 16.1 Å². The highest BCUT2D eigenvalue weighted by molar-refractivity contribution is 6.21. The third-order valence-corrected chi connectivity index (χ3v) is 4.87. The number of hydrogen-bond donors (Lipinski definition) is 1. The molecule has 0 aliphatic carbocycles. The number of urea groups is 1. The first kappa shape index (κ1) is 17.1. The van der Waals surface area contributed by atoms with Gasteiger partial charge in [0.1, 0.15) is 17.9 Å². The second kappa shape index (κ2) is 5.98. The SMILES string of the molecule is CCCC[n+]1c(C)c(C)n2c1N=C1C2C(=O)N(CC(N)=O)C(=O)N1C. The molecule has 1 fully saturated rings. The number of imide groups is 1. The zero-order valence-electron chi connectivity index (χ0n) is 14.9. The van der Waals surface area contributed by atoms with Crippen molar-refractivity contribution in [2.45, 2.75) is 46.2 Å². The molecule has 1 unspecified atom stereocenters. The van der Waals surface area contributed by atoms with Crippen LogP contribution in [0, 0.1) is 13.8 Å². The molecule has 25 heavy (non-hydrogen) atoms. The van der Waals surface area contributed by atoms with Crippen molar-refractivity contribution in [1.82, 2.24) is 14.4 Å². The van der Waals surface area contributed by atoms with Crippen LogP contribution in [0.5, 0.6) is 0 Å². The molecule has 2 aliphatic rings. The number of carbonyl (C=O) groups is 3. The van der Waals surface area contributed by atoms with Gasteiger partial charge in [-0.1, -0.05) is 18.3 Å². The van der Waals surface area contributed by atoms with Crippen LogP contribution in [0.3, 0.4) is 0 Å². The van der Waals surface area contributed by atoms with E-state index in [0.29, 0.717) is 11.8 Å². The molecule has 0 saturated carbocycles. The highest BCUT2D eigenvalue weighted by atomic mass is 16.2. The van der Waals surface area contributed by atoms with Gasteiger partial charge in [0.2, 0.25) is 17.8 Å². The average Bonchev–Trinajstić information content (AvgIpc) is 3.05. The topological polar surface area (TPSA) is 105 Å². The molecule has 1 saturated heterocycles. The van der Waals surface area contributed by atoms with Crippen LogP contribution in [0.25, 0.3) is 0 Å². The second-order valence-corrected chi connectivity index (χ2v) is 6.45. The fourth-order valence-corrected chi connectivity index (χ4v) is 3.39. The summed E-state index contributed by atoms with van der Waals surface area (Å²) >= 11 is 0. The van der Waals surface area contributed by atoms with Crippen LogP contribution in [0.2, 0.25) is 0 Å². The van der Waals surface area contributed by atoms with Crippen molar-refractivity contribution in [2.75, 3.05) is 13.6 Å². The monoisotopic (exact) mass is 347 g/mol. The number of aliphatic imine (C=N–C) groups is 1. The first-order valence-electron chi connectivity index (χ1n) is 8.36. The number of unbranched alkanes of at least 4 members (excludes halogenated alkanes) is 1. The Morgan fingerprint density at radius 2 is 2.00 bits per heavy atom. The molecule has 9 heteroatoms. The van der Waals surface area contributed by atoms with Crippen LogP contribution in [-0.4, -0.2) is 51.6 Å². The molecule has 0 bridgehead atoms. The Morgan fingerprint density at radius 3 is 2.60 bits per heavy atom. The van der Waals surface area contributed by atoms with Gasteiger partial charge < -0.3 is 5.73 Å². The standard InChI is InChI=1S/C16H22N6O3/c1-5-6-7-20-9(2)10(3)22-12-13(18-15(20)22)19(4)16(25)21(14(12)24)8-11(17)23/h12H,5-8H2,1-4H3,(H-,17,23)/p+1. The molecule has 9 nitrogen and oxygen atoms in total. The minimum Gasteiger partial charge on any atom is -0.368 e. The number of amidine groups is 1. The predicted octanol–water partition coefficient (Wildman–Crippen LogP) is 0.157. The van der Waals surface area contributed by atoms with Crippen molar-refractivity contribution < 1.29 is 19.0 Å². The van der Waals surface area contributed by atoms with Crippen LogP contribution < -0.4 is 10.3 Å². The Hall–Kier alpha value is -2.71. The van der Waals surface area contributed by atoms with Gasteiger partial charge in [-0.15, -0.1) is 0 Å². The Bertz CT molecular complexity index is 809. The summed E-state index contributed by atoms with van der Waals surface area (Å²) in [4.78, 5) is 43.4. The Balaban J connectivity index is 2.10. The minimum atomic E-state index is -0.737. The van der Waals surface area contributed by atoms with E-state index in [1.54, 1.807) is 7.05 Å². The van der Waals surface area contributed by atoms with Crippen molar-refractivity contribution in [2.24, 2.45) is 10.7 Å². The van der Waals surface area contributed by atoms with Gasteiger partial charge in [0.15, 0.2) is 0 Å². The molecule has 2 aliphatic heterocycles. The van der Waals surface area contributed by atoms with Gasteiger partial charge in [-0.2, -0.15) is 0 Å². The summed E-state index contributed by atoms with van der Waals surface area (Å²) in [6.45, 7) is 6.40. The smallest absolute Gasteiger partial charge is 0.368 e. The Morgan fingerprint density at radius 1 is 1.32 bits per heavy atom. The number of hydrogen-bond acceptors (Lipinski definition) is 4. The molecule has 2 N–H and O–H groups in total. The van der Waals surface area contributed by atoms with Crippen LogP contribution in [0.4, 0.5) is 10.7 Å². The van der Waals surface area contributed by atoms with Gasteiger partial charge in [0.05, 0.1) is 6.54 Å². The first-order valence-corrected chi connectivity index (χ1v) is 8.36. The summed E-state index contributed by atoms with van der Waals surface area (Å²) < 4.78 is 3.92. The third kappa shape index (κ3) is 2.41. The lowest BCUT2D eigenvalue weighted by Gasteiger charge is -2.32. The van der Waals surface area contributed by atoms with E-state index >= 15 is 0 Å². The quantitative estimate of drug-likeness (QED) is 0.767. The van der Waals surface area contributed by atoms with Gasteiger partial charge in [-0.05, 0) is 20.3 Å². The Kier molecular flexibility index (Phi) is 4.09. The first-order chi connectivity index (χ1) is 11.8. The number of likely N-dealkylation sites (N-methyl/N-ethyl adjacent to an activating group) is 1. The van der Waals surface area contributed by atoms with E-state index in [4.69, 9.17) is 5.73 Å². The average molecular weight is 347 g/mol.